The number of anilines is 1. The van der Waals surface area contributed by atoms with Gasteiger partial charge in [-0.15, -0.1) is 11.3 Å². The summed E-state index contributed by atoms with van der Waals surface area (Å²) in [4.78, 5) is 22.8. The van der Waals surface area contributed by atoms with Crippen molar-refractivity contribution in [1.29, 1.82) is 0 Å². The van der Waals surface area contributed by atoms with Crippen molar-refractivity contribution in [2.45, 2.75) is 0 Å². The Bertz CT molecular complexity index is 690. The highest BCUT2D eigenvalue weighted by Crippen LogP contribution is 2.23. The van der Waals surface area contributed by atoms with Gasteiger partial charge < -0.3 is 15.2 Å². The summed E-state index contributed by atoms with van der Waals surface area (Å²) in [6, 6.07) is 8.73. The van der Waals surface area contributed by atoms with E-state index >= 15 is 0 Å². The van der Waals surface area contributed by atoms with Crippen molar-refractivity contribution in [3.8, 4) is 5.75 Å². The van der Waals surface area contributed by atoms with E-state index in [2.05, 4.69) is 5.32 Å². The third-order valence-corrected chi connectivity index (χ3v) is 3.52. The van der Waals surface area contributed by atoms with Crippen molar-refractivity contribution in [2.24, 2.45) is 0 Å². The van der Waals surface area contributed by atoms with Crippen molar-refractivity contribution in [3.63, 3.8) is 0 Å². The number of thiophene rings is 1. The molecule has 1 amide bonds. The number of carboxylic acid groups (broad SMARTS) is 1. The zero-order valence-electron chi connectivity index (χ0n) is 11.2. The molecule has 6 heteroatoms. The minimum Gasteiger partial charge on any atom is -0.496 e. The van der Waals surface area contributed by atoms with Gasteiger partial charge in [-0.1, -0.05) is 18.2 Å². The van der Waals surface area contributed by atoms with Crippen LogP contribution in [-0.4, -0.2) is 24.1 Å². The predicted octanol–water partition coefficient (Wildman–Crippen LogP) is 3.11. The minimum absolute atomic E-state index is 0.0824. The molecule has 0 aliphatic carbocycles. The maximum atomic E-state index is 11.8. The topological polar surface area (TPSA) is 75.6 Å². The number of hydrogen-bond acceptors (Lipinski definition) is 4. The number of carbonyl (C=O) groups is 2. The third-order valence-electron chi connectivity index (χ3n) is 2.69. The molecule has 0 spiro atoms. The summed E-state index contributed by atoms with van der Waals surface area (Å²) >= 11 is 1.16. The van der Waals surface area contributed by atoms with Gasteiger partial charge in [0.15, 0.2) is 0 Å². The van der Waals surface area contributed by atoms with Crippen molar-refractivity contribution < 1.29 is 19.4 Å². The highest BCUT2D eigenvalue weighted by atomic mass is 32.1. The summed E-state index contributed by atoms with van der Waals surface area (Å²) < 4.78 is 5.18. The standard InChI is InChI=1S/C15H13NO4S/c1-20-12-5-3-2-4-10(12)6-7-13(17)16-14-11(15(18)19)8-9-21-14/h2-9H,1H3,(H,16,17)(H,18,19)/b7-6+. The van der Waals surface area contributed by atoms with E-state index in [1.807, 2.05) is 18.2 Å². The van der Waals surface area contributed by atoms with Gasteiger partial charge in [0.2, 0.25) is 5.91 Å². The van der Waals surface area contributed by atoms with Crippen LogP contribution in [0.5, 0.6) is 5.75 Å². The maximum Gasteiger partial charge on any atom is 0.338 e. The zero-order chi connectivity index (χ0) is 15.2. The molecule has 21 heavy (non-hydrogen) atoms. The molecule has 2 rings (SSSR count). The summed E-state index contributed by atoms with van der Waals surface area (Å²) in [6.07, 6.45) is 2.95. The molecule has 0 unspecified atom stereocenters. The van der Waals surface area contributed by atoms with Gasteiger partial charge in [0, 0.05) is 11.6 Å². The van der Waals surface area contributed by atoms with Crippen LogP contribution in [0.3, 0.4) is 0 Å². The Balaban J connectivity index is 2.09. The van der Waals surface area contributed by atoms with Gasteiger partial charge in [0.1, 0.15) is 10.8 Å². The largest absolute Gasteiger partial charge is 0.496 e. The second-order valence-electron chi connectivity index (χ2n) is 4.03. The second kappa shape index (κ2) is 6.71. The third kappa shape index (κ3) is 3.70. The number of amides is 1. The Morgan fingerprint density at radius 1 is 1.29 bits per heavy atom. The van der Waals surface area contributed by atoms with Gasteiger partial charge in [-0.05, 0) is 23.6 Å². The Morgan fingerprint density at radius 3 is 2.76 bits per heavy atom. The molecule has 0 aliphatic rings. The molecule has 5 nitrogen and oxygen atoms in total. The molecule has 1 aromatic heterocycles. The summed E-state index contributed by atoms with van der Waals surface area (Å²) in [6.45, 7) is 0. The van der Waals surface area contributed by atoms with Gasteiger partial charge in [-0.25, -0.2) is 4.79 Å². The van der Waals surface area contributed by atoms with Crippen LogP contribution in [0.2, 0.25) is 0 Å². The van der Waals surface area contributed by atoms with E-state index < -0.39 is 11.9 Å². The number of nitrogens with one attached hydrogen (secondary N) is 1. The first-order valence-electron chi connectivity index (χ1n) is 6.04. The molecule has 1 aromatic carbocycles. The molecule has 2 aromatic rings. The fourth-order valence-electron chi connectivity index (χ4n) is 1.70. The molecular formula is C15H13NO4S. The lowest BCUT2D eigenvalue weighted by molar-refractivity contribution is -0.111. The average Bonchev–Trinajstić information content (AvgIpc) is 2.93. The van der Waals surface area contributed by atoms with Crippen LogP contribution in [-0.2, 0) is 4.79 Å². The molecule has 0 atom stereocenters. The smallest absolute Gasteiger partial charge is 0.338 e. The first-order chi connectivity index (χ1) is 10.1. The Kier molecular flexibility index (Phi) is 4.73. The Hall–Kier alpha value is -2.60. The normalized spacial score (nSPS) is 10.5. The van der Waals surface area contributed by atoms with Crippen molar-refractivity contribution in [3.05, 3.63) is 52.9 Å². The fourth-order valence-corrected chi connectivity index (χ4v) is 2.48. The monoisotopic (exact) mass is 303 g/mol. The van der Waals surface area contributed by atoms with Crippen molar-refractivity contribution in [2.75, 3.05) is 12.4 Å². The molecule has 0 saturated heterocycles. The average molecular weight is 303 g/mol. The second-order valence-corrected chi connectivity index (χ2v) is 4.95. The lowest BCUT2D eigenvalue weighted by Crippen LogP contribution is -2.09. The number of carboxylic acids is 1. The van der Waals surface area contributed by atoms with E-state index in [1.54, 1.807) is 24.6 Å². The quantitative estimate of drug-likeness (QED) is 0.832. The van der Waals surface area contributed by atoms with E-state index in [4.69, 9.17) is 9.84 Å². The fraction of sp³-hybridized carbons (Fsp3) is 0.0667. The molecule has 0 bridgehead atoms. The van der Waals surface area contributed by atoms with Crippen LogP contribution < -0.4 is 10.1 Å². The van der Waals surface area contributed by atoms with Gasteiger partial charge in [-0.2, -0.15) is 0 Å². The van der Waals surface area contributed by atoms with Crippen molar-refractivity contribution in [1.82, 2.24) is 0 Å². The lowest BCUT2D eigenvalue weighted by Gasteiger charge is -2.03. The number of hydrogen-bond donors (Lipinski definition) is 2. The molecule has 0 radical (unpaired) electrons. The number of carbonyl (C=O) groups excluding carboxylic acids is 1. The maximum absolute atomic E-state index is 11.8. The number of benzene rings is 1. The zero-order valence-corrected chi connectivity index (χ0v) is 12.0. The summed E-state index contributed by atoms with van der Waals surface area (Å²) in [5.41, 5.74) is 0.846. The highest BCUT2D eigenvalue weighted by molar-refractivity contribution is 7.14. The van der Waals surface area contributed by atoms with Crippen molar-refractivity contribution >= 4 is 34.3 Å². The summed E-state index contributed by atoms with van der Waals surface area (Å²) in [5, 5.41) is 13.4. The molecule has 1 heterocycles. The summed E-state index contributed by atoms with van der Waals surface area (Å²) in [5.74, 6) is -0.810. The van der Waals surface area contributed by atoms with E-state index in [9.17, 15) is 9.59 Å². The van der Waals surface area contributed by atoms with Crippen LogP contribution >= 0.6 is 11.3 Å². The molecule has 2 N–H and O–H groups in total. The molecule has 108 valence electrons. The minimum atomic E-state index is -1.07. The molecule has 0 saturated carbocycles. The van der Waals surface area contributed by atoms with E-state index in [0.29, 0.717) is 10.8 Å². The highest BCUT2D eigenvalue weighted by Gasteiger charge is 2.12. The Labute approximate surface area is 125 Å². The first-order valence-corrected chi connectivity index (χ1v) is 6.92. The molecule has 0 fully saturated rings. The van der Waals surface area contributed by atoms with Crippen LogP contribution in [0, 0.1) is 0 Å². The van der Waals surface area contributed by atoms with Gasteiger partial charge in [-0.3, -0.25) is 4.79 Å². The van der Waals surface area contributed by atoms with Crippen LogP contribution in [0.25, 0.3) is 6.08 Å². The number of rotatable bonds is 5. The van der Waals surface area contributed by atoms with E-state index in [1.165, 1.54) is 12.1 Å². The van der Waals surface area contributed by atoms with Gasteiger partial charge in [0.25, 0.3) is 0 Å². The predicted molar refractivity (Wildman–Crippen MR) is 81.9 cm³/mol. The molecular weight excluding hydrogens is 290 g/mol. The van der Waals surface area contributed by atoms with Crippen LogP contribution in [0.15, 0.2) is 41.8 Å². The van der Waals surface area contributed by atoms with E-state index in [-0.39, 0.29) is 5.56 Å². The Morgan fingerprint density at radius 2 is 2.05 bits per heavy atom. The van der Waals surface area contributed by atoms with Crippen LogP contribution in [0.4, 0.5) is 5.00 Å². The van der Waals surface area contributed by atoms with Crippen LogP contribution in [0.1, 0.15) is 15.9 Å². The SMILES string of the molecule is COc1ccccc1/C=C/C(=O)Nc1sccc1C(=O)O. The lowest BCUT2D eigenvalue weighted by atomic mass is 10.2. The number of ether oxygens (including phenoxy) is 1. The number of methoxy groups -OCH3 is 1. The number of para-hydroxylation sites is 1. The number of aromatic carboxylic acids is 1. The molecule has 0 aliphatic heterocycles. The van der Waals surface area contributed by atoms with Gasteiger partial charge >= 0.3 is 5.97 Å². The van der Waals surface area contributed by atoms with E-state index in [0.717, 1.165) is 16.9 Å². The van der Waals surface area contributed by atoms with Gasteiger partial charge in [0.05, 0.1) is 12.7 Å². The summed E-state index contributed by atoms with van der Waals surface area (Å²) in [7, 11) is 1.55. The first kappa shape index (κ1) is 14.8.